The van der Waals surface area contributed by atoms with Gasteiger partial charge in [-0.25, -0.2) is 9.48 Å². The maximum absolute atomic E-state index is 12.5. The summed E-state index contributed by atoms with van der Waals surface area (Å²) in [6.45, 7) is 10.6. The molecule has 7 heteroatoms. The third kappa shape index (κ3) is 4.78. The molecule has 156 valence electrons. The first-order valence-corrected chi connectivity index (χ1v) is 9.95. The topological polar surface area (TPSA) is 84.7 Å². The lowest BCUT2D eigenvalue weighted by Gasteiger charge is -2.30. The Morgan fingerprint density at radius 1 is 1.21 bits per heavy atom. The maximum Gasteiger partial charge on any atom is 0.410 e. The van der Waals surface area contributed by atoms with Crippen LogP contribution in [0.2, 0.25) is 0 Å². The second-order valence-corrected chi connectivity index (χ2v) is 8.75. The summed E-state index contributed by atoms with van der Waals surface area (Å²) in [5.41, 5.74) is 3.80. The van der Waals surface area contributed by atoms with Gasteiger partial charge in [0.05, 0.1) is 30.0 Å². The van der Waals surface area contributed by atoms with Crippen LogP contribution in [-0.2, 0) is 28.9 Å². The molecule has 1 N–H and O–H groups in total. The van der Waals surface area contributed by atoms with Gasteiger partial charge < -0.3 is 14.7 Å². The number of fused-ring (bicyclic) bond motifs is 1. The number of nitrogens with zero attached hydrogens (tertiary/aromatic N) is 3. The fraction of sp³-hybridized carbons (Fsp3) is 0.500. The lowest BCUT2D eigenvalue weighted by atomic mass is 10.0. The number of aliphatic carboxylic acids is 1. The maximum atomic E-state index is 12.5. The Morgan fingerprint density at radius 3 is 2.41 bits per heavy atom. The summed E-state index contributed by atoms with van der Waals surface area (Å²) in [6, 6.07) is 8.16. The molecule has 1 aliphatic heterocycles. The molecule has 0 saturated heterocycles. The molecule has 0 spiro atoms. The van der Waals surface area contributed by atoms with Crippen LogP contribution in [0.15, 0.2) is 24.3 Å². The standard InChI is InChI=1S/C22H29N3O4/c1-14(2)15-6-8-16(9-7-15)25-19-10-11-24(21(28)29-22(3,4)5)13-17(19)18(23-25)12-20(26)27/h6-9,14H,10-13H2,1-5H3,(H,26,27). The van der Waals surface area contributed by atoms with Crippen LogP contribution in [0.5, 0.6) is 0 Å². The Morgan fingerprint density at radius 2 is 1.86 bits per heavy atom. The molecule has 0 fully saturated rings. The zero-order valence-corrected chi connectivity index (χ0v) is 17.7. The largest absolute Gasteiger partial charge is 0.481 e. The van der Waals surface area contributed by atoms with Crippen LogP contribution in [0.4, 0.5) is 4.79 Å². The fourth-order valence-electron chi connectivity index (χ4n) is 3.47. The van der Waals surface area contributed by atoms with Crippen LogP contribution in [0.1, 0.15) is 63.1 Å². The molecule has 29 heavy (non-hydrogen) atoms. The predicted molar refractivity (Wildman–Crippen MR) is 109 cm³/mol. The van der Waals surface area contributed by atoms with Gasteiger partial charge in [0.1, 0.15) is 5.60 Å². The van der Waals surface area contributed by atoms with E-state index in [0.29, 0.717) is 31.1 Å². The lowest BCUT2D eigenvalue weighted by molar-refractivity contribution is -0.136. The summed E-state index contributed by atoms with van der Waals surface area (Å²) >= 11 is 0. The molecular weight excluding hydrogens is 370 g/mol. The van der Waals surface area contributed by atoms with Crippen molar-refractivity contribution in [2.24, 2.45) is 0 Å². The quantitative estimate of drug-likeness (QED) is 0.842. The molecule has 1 aromatic heterocycles. The zero-order valence-electron chi connectivity index (χ0n) is 17.7. The number of carbonyl (C=O) groups excluding carboxylic acids is 1. The van der Waals surface area contributed by atoms with E-state index in [2.05, 4.69) is 31.1 Å². The first kappa shape index (κ1) is 20.9. The van der Waals surface area contributed by atoms with Gasteiger partial charge in [0.2, 0.25) is 0 Å². The van der Waals surface area contributed by atoms with Crippen molar-refractivity contribution in [1.29, 1.82) is 0 Å². The molecule has 2 heterocycles. The summed E-state index contributed by atoms with van der Waals surface area (Å²) < 4.78 is 7.31. The monoisotopic (exact) mass is 399 g/mol. The lowest BCUT2D eigenvalue weighted by Crippen LogP contribution is -2.40. The van der Waals surface area contributed by atoms with Gasteiger partial charge in [0.15, 0.2) is 0 Å². The van der Waals surface area contributed by atoms with E-state index in [9.17, 15) is 14.7 Å². The molecule has 0 unspecified atom stereocenters. The predicted octanol–water partition coefficient (Wildman–Crippen LogP) is 3.92. The molecule has 1 amide bonds. The van der Waals surface area contributed by atoms with Gasteiger partial charge in [-0.2, -0.15) is 5.10 Å². The average Bonchev–Trinajstić information content (AvgIpc) is 2.97. The number of hydrogen-bond acceptors (Lipinski definition) is 4. The number of carbonyl (C=O) groups is 2. The Bertz CT molecular complexity index is 907. The summed E-state index contributed by atoms with van der Waals surface area (Å²) in [4.78, 5) is 25.5. The highest BCUT2D eigenvalue weighted by Crippen LogP contribution is 2.27. The number of carboxylic acid groups (broad SMARTS) is 1. The minimum Gasteiger partial charge on any atom is -0.481 e. The van der Waals surface area contributed by atoms with Crippen molar-refractivity contribution >= 4 is 12.1 Å². The van der Waals surface area contributed by atoms with E-state index in [1.807, 2.05) is 37.6 Å². The number of rotatable bonds is 4. The van der Waals surface area contributed by atoms with Crippen molar-refractivity contribution in [3.8, 4) is 5.69 Å². The number of hydrogen-bond donors (Lipinski definition) is 1. The summed E-state index contributed by atoms with van der Waals surface area (Å²) in [6.07, 6.45) is 0.0211. The molecule has 0 saturated carbocycles. The van der Waals surface area contributed by atoms with Gasteiger partial charge in [-0.1, -0.05) is 26.0 Å². The highest BCUT2D eigenvalue weighted by Gasteiger charge is 2.31. The van der Waals surface area contributed by atoms with Gasteiger partial charge in [0, 0.05) is 18.5 Å². The van der Waals surface area contributed by atoms with Gasteiger partial charge >= 0.3 is 12.1 Å². The zero-order chi connectivity index (χ0) is 21.3. The molecule has 7 nitrogen and oxygen atoms in total. The van der Waals surface area contributed by atoms with E-state index >= 15 is 0 Å². The normalized spacial score (nSPS) is 14.1. The number of carboxylic acids is 1. The Hall–Kier alpha value is -2.83. The van der Waals surface area contributed by atoms with E-state index in [-0.39, 0.29) is 6.42 Å². The van der Waals surface area contributed by atoms with Crippen LogP contribution in [0, 0.1) is 0 Å². The Kier molecular flexibility index (Phi) is 5.68. The van der Waals surface area contributed by atoms with Crippen LogP contribution in [0.3, 0.4) is 0 Å². The minimum atomic E-state index is -0.943. The first-order valence-electron chi connectivity index (χ1n) is 9.95. The van der Waals surface area contributed by atoms with Crippen molar-refractivity contribution in [2.45, 2.75) is 65.5 Å². The highest BCUT2D eigenvalue weighted by molar-refractivity contribution is 5.71. The van der Waals surface area contributed by atoms with Gasteiger partial charge in [-0.05, 0) is 44.4 Å². The molecule has 1 aliphatic rings. The molecule has 0 bridgehead atoms. The summed E-state index contributed by atoms with van der Waals surface area (Å²) in [7, 11) is 0. The third-order valence-electron chi connectivity index (χ3n) is 4.92. The van der Waals surface area contributed by atoms with E-state index in [1.54, 1.807) is 4.90 Å². The van der Waals surface area contributed by atoms with Crippen LogP contribution in [0.25, 0.3) is 5.69 Å². The number of aromatic nitrogens is 2. The van der Waals surface area contributed by atoms with Crippen molar-refractivity contribution < 1.29 is 19.4 Å². The Labute approximate surface area is 171 Å². The summed E-state index contributed by atoms with van der Waals surface area (Å²) in [5.74, 6) is -0.512. The van der Waals surface area contributed by atoms with Crippen LogP contribution < -0.4 is 0 Å². The Balaban J connectivity index is 1.94. The molecule has 0 aliphatic carbocycles. The van der Waals surface area contributed by atoms with Gasteiger partial charge in [-0.15, -0.1) is 0 Å². The van der Waals surface area contributed by atoms with Gasteiger partial charge in [-0.3, -0.25) is 4.79 Å². The number of ether oxygens (including phenoxy) is 1. The van der Waals surface area contributed by atoms with Crippen molar-refractivity contribution in [2.75, 3.05) is 6.54 Å². The van der Waals surface area contributed by atoms with E-state index in [0.717, 1.165) is 16.9 Å². The first-order chi connectivity index (χ1) is 13.5. The number of amides is 1. The second-order valence-electron chi connectivity index (χ2n) is 8.75. The highest BCUT2D eigenvalue weighted by atomic mass is 16.6. The van der Waals surface area contributed by atoms with Crippen LogP contribution in [-0.4, -0.2) is 44.0 Å². The molecular formula is C22H29N3O4. The van der Waals surface area contributed by atoms with E-state index in [4.69, 9.17) is 4.74 Å². The minimum absolute atomic E-state index is 0.179. The molecule has 3 rings (SSSR count). The summed E-state index contributed by atoms with van der Waals surface area (Å²) in [5, 5.41) is 13.9. The second kappa shape index (κ2) is 7.89. The fourth-order valence-corrected chi connectivity index (χ4v) is 3.47. The molecule has 0 atom stereocenters. The number of benzene rings is 1. The van der Waals surface area contributed by atoms with Crippen molar-refractivity contribution in [3.63, 3.8) is 0 Å². The molecule has 2 aromatic rings. The van der Waals surface area contributed by atoms with Gasteiger partial charge in [0.25, 0.3) is 0 Å². The smallest absolute Gasteiger partial charge is 0.410 e. The van der Waals surface area contributed by atoms with E-state index < -0.39 is 17.7 Å². The SMILES string of the molecule is CC(C)c1ccc(-n2nc(CC(=O)O)c3c2CCN(C(=O)OC(C)(C)C)C3)cc1. The molecule has 1 aromatic carbocycles. The average molecular weight is 399 g/mol. The van der Waals surface area contributed by atoms with Crippen molar-refractivity contribution in [1.82, 2.24) is 14.7 Å². The van der Waals surface area contributed by atoms with Crippen LogP contribution >= 0.6 is 0 Å². The van der Waals surface area contributed by atoms with Crippen molar-refractivity contribution in [3.05, 3.63) is 46.8 Å². The van der Waals surface area contributed by atoms with E-state index in [1.165, 1.54) is 5.56 Å². The molecule has 0 radical (unpaired) electrons. The third-order valence-corrected chi connectivity index (χ3v) is 4.92.